The van der Waals surface area contributed by atoms with Crippen LogP contribution in [0.2, 0.25) is 0 Å². The van der Waals surface area contributed by atoms with Crippen LogP contribution in [0, 0.1) is 5.41 Å². The van der Waals surface area contributed by atoms with Gasteiger partial charge in [0.05, 0.1) is 0 Å². The van der Waals surface area contributed by atoms with Crippen molar-refractivity contribution in [2.75, 3.05) is 33.7 Å². The minimum absolute atomic E-state index is 0. The molecule has 0 spiro atoms. The van der Waals surface area contributed by atoms with Gasteiger partial charge in [-0.1, -0.05) is 25.0 Å². The Morgan fingerprint density at radius 1 is 1.37 bits per heavy atom. The Bertz CT molecular complexity index is 307. The SMILES string of the molecule is C=C(C)CNC(N)=NCC1(CN(C)C)CCCC1.I. The van der Waals surface area contributed by atoms with Crippen LogP contribution in [0.15, 0.2) is 17.1 Å². The zero-order valence-corrected chi connectivity index (χ0v) is 14.9. The molecule has 1 aliphatic carbocycles. The van der Waals surface area contributed by atoms with E-state index in [1.807, 2.05) is 6.92 Å². The van der Waals surface area contributed by atoms with Crippen LogP contribution in [-0.4, -0.2) is 44.6 Å². The van der Waals surface area contributed by atoms with Crippen molar-refractivity contribution >= 4 is 29.9 Å². The van der Waals surface area contributed by atoms with E-state index >= 15 is 0 Å². The molecule has 1 aliphatic rings. The summed E-state index contributed by atoms with van der Waals surface area (Å²) < 4.78 is 0. The molecule has 0 bridgehead atoms. The number of hydrogen-bond donors (Lipinski definition) is 2. The van der Waals surface area contributed by atoms with Crippen molar-refractivity contribution < 1.29 is 0 Å². The standard InChI is InChI=1S/C14H28N4.HI/c1-12(2)9-16-13(15)17-10-14(11-18(3)4)7-5-6-8-14;/h1,5-11H2,2-4H3,(H3,15,16,17);1H. The van der Waals surface area contributed by atoms with Gasteiger partial charge in [-0.25, -0.2) is 0 Å². The average Bonchev–Trinajstić information content (AvgIpc) is 2.71. The lowest BCUT2D eigenvalue weighted by atomic mass is 9.86. The fourth-order valence-electron chi connectivity index (χ4n) is 2.71. The lowest BCUT2D eigenvalue weighted by molar-refractivity contribution is 0.210. The second-order valence-corrected chi connectivity index (χ2v) is 5.96. The van der Waals surface area contributed by atoms with E-state index in [9.17, 15) is 0 Å². The van der Waals surface area contributed by atoms with E-state index in [0.29, 0.717) is 17.9 Å². The molecule has 0 aromatic rings. The van der Waals surface area contributed by atoms with E-state index in [1.165, 1.54) is 25.7 Å². The number of nitrogens with zero attached hydrogens (tertiary/aromatic N) is 2. The highest BCUT2D eigenvalue weighted by Crippen LogP contribution is 2.38. The van der Waals surface area contributed by atoms with Gasteiger partial charge in [-0.2, -0.15) is 0 Å². The third-order valence-corrected chi connectivity index (χ3v) is 3.47. The Balaban J connectivity index is 0.00000324. The molecule has 0 aromatic carbocycles. The first-order valence-electron chi connectivity index (χ1n) is 6.76. The van der Waals surface area contributed by atoms with Gasteiger partial charge in [-0.05, 0) is 33.9 Å². The molecule has 19 heavy (non-hydrogen) atoms. The Labute approximate surface area is 134 Å². The zero-order valence-electron chi connectivity index (χ0n) is 12.5. The predicted octanol–water partition coefficient (Wildman–Crippen LogP) is 2.21. The molecule has 0 radical (unpaired) electrons. The maximum Gasteiger partial charge on any atom is 0.188 e. The molecule has 1 saturated carbocycles. The summed E-state index contributed by atoms with van der Waals surface area (Å²) >= 11 is 0. The molecule has 0 atom stereocenters. The highest BCUT2D eigenvalue weighted by Gasteiger charge is 2.34. The summed E-state index contributed by atoms with van der Waals surface area (Å²) in [6.07, 6.45) is 5.18. The molecule has 0 heterocycles. The topological polar surface area (TPSA) is 53.6 Å². The van der Waals surface area contributed by atoms with Crippen molar-refractivity contribution in [1.82, 2.24) is 10.2 Å². The first-order valence-corrected chi connectivity index (χ1v) is 6.76. The first-order chi connectivity index (χ1) is 8.43. The second kappa shape index (κ2) is 8.79. The fraction of sp³-hybridized carbons (Fsp3) is 0.786. The average molecular weight is 380 g/mol. The summed E-state index contributed by atoms with van der Waals surface area (Å²) in [6.45, 7) is 8.45. The van der Waals surface area contributed by atoms with Crippen molar-refractivity contribution in [3.63, 3.8) is 0 Å². The Hall–Kier alpha value is -0.300. The van der Waals surface area contributed by atoms with Crippen LogP contribution in [-0.2, 0) is 0 Å². The van der Waals surface area contributed by atoms with E-state index in [4.69, 9.17) is 5.73 Å². The molecule has 112 valence electrons. The number of hydrogen-bond acceptors (Lipinski definition) is 2. The molecule has 0 saturated heterocycles. The molecule has 3 N–H and O–H groups in total. The summed E-state index contributed by atoms with van der Waals surface area (Å²) in [6, 6.07) is 0. The van der Waals surface area contributed by atoms with Crippen LogP contribution >= 0.6 is 24.0 Å². The van der Waals surface area contributed by atoms with Gasteiger partial charge in [-0.15, -0.1) is 24.0 Å². The normalized spacial score (nSPS) is 18.2. The summed E-state index contributed by atoms with van der Waals surface area (Å²) in [7, 11) is 4.26. The van der Waals surface area contributed by atoms with Crippen LogP contribution in [0.25, 0.3) is 0 Å². The summed E-state index contributed by atoms with van der Waals surface area (Å²) in [4.78, 5) is 6.78. The Morgan fingerprint density at radius 3 is 2.42 bits per heavy atom. The van der Waals surface area contributed by atoms with Crippen LogP contribution in [0.5, 0.6) is 0 Å². The Kier molecular flexibility index (Phi) is 8.65. The molecule has 4 nitrogen and oxygen atoms in total. The van der Waals surface area contributed by atoms with Crippen molar-refractivity contribution in [2.24, 2.45) is 16.1 Å². The van der Waals surface area contributed by atoms with Crippen LogP contribution < -0.4 is 11.1 Å². The minimum Gasteiger partial charge on any atom is -0.370 e. The van der Waals surface area contributed by atoms with Gasteiger partial charge in [0.2, 0.25) is 0 Å². The monoisotopic (exact) mass is 380 g/mol. The van der Waals surface area contributed by atoms with E-state index in [2.05, 4.69) is 35.9 Å². The lowest BCUT2D eigenvalue weighted by Gasteiger charge is -2.30. The van der Waals surface area contributed by atoms with E-state index in [1.54, 1.807) is 0 Å². The van der Waals surface area contributed by atoms with E-state index in [0.717, 1.165) is 18.7 Å². The van der Waals surface area contributed by atoms with Crippen LogP contribution in [0.1, 0.15) is 32.6 Å². The number of aliphatic imine (C=N–C) groups is 1. The highest BCUT2D eigenvalue weighted by atomic mass is 127. The van der Waals surface area contributed by atoms with Crippen molar-refractivity contribution in [3.8, 4) is 0 Å². The maximum absolute atomic E-state index is 5.87. The first kappa shape index (κ1) is 18.7. The number of guanidine groups is 1. The number of rotatable bonds is 6. The molecule has 0 aromatic heterocycles. The molecule has 0 amide bonds. The molecule has 0 aliphatic heterocycles. The van der Waals surface area contributed by atoms with Gasteiger partial charge in [0, 0.05) is 25.0 Å². The zero-order chi connectivity index (χ0) is 13.6. The summed E-state index contributed by atoms with van der Waals surface area (Å²) in [5.74, 6) is 0.544. The summed E-state index contributed by atoms with van der Waals surface area (Å²) in [5.41, 5.74) is 7.27. The smallest absolute Gasteiger partial charge is 0.188 e. The lowest BCUT2D eigenvalue weighted by Crippen LogP contribution is -2.37. The number of halogens is 1. The van der Waals surface area contributed by atoms with Gasteiger partial charge in [0.1, 0.15) is 0 Å². The van der Waals surface area contributed by atoms with Crippen LogP contribution in [0.3, 0.4) is 0 Å². The molecular formula is C14H29IN4. The second-order valence-electron chi connectivity index (χ2n) is 5.96. The largest absolute Gasteiger partial charge is 0.370 e. The van der Waals surface area contributed by atoms with Gasteiger partial charge < -0.3 is 16.0 Å². The molecule has 0 unspecified atom stereocenters. The quantitative estimate of drug-likeness (QED) is 0.322. The van der Waals surface area contributed by atoms with Gasteiger partial charge in [0.15, 0.2) is 5.96 Å². The third kappa shape index (κ3) is 7.15. The van der Waals surface area contributed by atoms with Crippen molar-refractivity contribution in [1.29, 1.82) is 0 Å². The van der Waals surface area contributed by atoms with Gasteiger partial charge in [-0.3, -0.25) is 4.99 Å². The predicted molar refractivity (Wildman–Crippen MR) is 94.2 cm³/mol. The fourth-order valence-corrected chi connectivity index (χ4v) is 2.71. The van der Waals surface area contributed by atoms with Crippen molar-refractivity contribution in [2.45, 2.75) is 32.6 Å². The number of nitrogens with one attached hydrogen (secondary N) is 1. The van der Waals surface area contributed by atoms with E-state index < -0.39 is 0 Å². The highest BCUT2D eigenvalue weighted by molar-refractivity contribution is 14.0. The van der Waals surface area contributed by atoms with Gasteiger partial charge in [0.25, 0.3) is 0 Å². The molecular weight excluding hydrogens is 351 g/mol. The Morgan fingerprint density at radius 2 is 1.95 bits per heavy atom. The minimum atomic E-state index is 0. The van der Waals surface area contributed by atoms with E-state index in [-0.39, 0.29) is 24.0 Å². The van der Waals surface area contributed by atoms with Crippen LogP contribution in [0.4, 0.5) is 0 Å². The third-order valence-electron chi connectivity index (χ3n) is 3.47. The summed E-state index contributed by atoms with van der Waals surface area (Å²) in [5, 5.41) is 3.09. The van der Waals surface area contributed by atoms with Gasteiger partial charge >= 0.3 is 0 Å². The van der Waals surface area contributed by atoms with Crippen molar-refractivity contribution in [3.05, 3.63) is 12.2 Å². The number of nitrogens with two attached hydrogens (primary N) is 1. The molecule has 1 rings (SSSR count). The maximum atomic E-state index is 5.87. The molecule has 5 heteroatoms. The molecule has 1 fully saturated rings.